The van der Waals surface area contributed by atoms with Gasteiger partial charge in [-0.05, 0) is 78.2 Å². The van der Waals surface area contributed by atoms with Crippen molar-refractivity contribution in [2.75, 3.05) is 0 Å². The molecule has 0 saturated heterocycles. The molecular formula is C45H27N5. The summed E-state index contributed by atoms with van der Waals surface area (Å²) in [6.07, 6.45) is 7.32. The van der Waals surface area contributed by atoms with E-state index in [1.807, 2.05) is 60.7 Å². The van der Waals surface area contributed by atoms with Gasteiger partial charge in [-0.15, -0.1) is 0 Å². The first-order valence-corrected chi connectivity index (χ1v) is 16.6. The van der Waals surface area contributed by atoms with E-state index in [4.69, 9.17) is 0 Å². The number of benzene rings is 6. The maximum Gasteiger partial charge on any atom is 0.0996 e. The number of fused-ring (bicyclic) bond motifs is 6. The van der Waals surface area contributed by atoms with Gasteiger partial charge in [0.15, 0.2) is 0 Å². The molecule has 0 radical (unpaired) electrons. The Hall–Kier alpha value is -7.13. The molecule has 50 heavy (non-hydrogen) atoms. The van der Waals surface area contributed by atoms with Crippen molar-refractivity contribution in [1.29, 1.82) is 15.8 Å². The Labute approximate surface area is 288 Å². The van der Waals surface area contributed by atoms with Crippen molar-refractivity contribution in [3.8, 4) is 29.6 Å². The molecule has 0 bridgehead atoms. The molecular weight excluding hydrogens is 611 g/mol. The topological polar surface area (TPSA) is 81.2 Å². The van der Waals surface area contributed by atoms with Crippen LogP contribution in [0.5, 0.6) is 0 Å². The predicted molar refractivity (Wildman–Crippen MR) is 200 cm³/mol. The van der Waals surface area contributed by atoms with Gasteiger partial charge in [0.1, 0.15) is 0 Å². The van der Waals surface area contributed by atoms with Crippen LogP contribution in [-0.2, 0) is 0 Å². The molecule has 1 unspecified atom stereocenters. The Balaban J connectivity index is 1.14. The fourth-order valence-electron chi connectivity index (χ4n) is 7.75. The quantitative estimate of drug-likeness (QED) is 0.193. The highest BCUT2D eigenvalue weighted by Gasteiger charge is 2.24. The van der Waals surface area contributed by atoms with Gasteiger partial charge in [-0.25, -0.2) is 0 Å². The third kappa shape index (κ3) is 4.45. The normalized spacial score (nSPS) is 14.1. The Bertz CT molecular complexity index is 2840. The summed E-state index contributed by atoms with van der Waals surface area (Å²) in [5.74, 6) is -0.0640. The molecule has 0 saturated carbocycles. The summed E-state index contributed by atoms with van der Waals surface area (Å²) >= 11 is 0. The molecule has 1 aliphatic carbocycles. The van der Waals surface area contributed by atoms with Crippen LogP contribution in [0.2, 0.25) is 0 Å². The lowest BCUT2D eigenvalue weighted by Crippen LogP contribution is -2.09. The molecule has 2 heterocycles. The van der Waals surface area contributed by atoms with E-state index in [0.29, 0.717) is 23.1 Å². The second kappa shape index (κ2) is 11.5. The number of rotatable bonds is 4. The zero-order valence-electron chi connectivity index (χ0n) is 26.9. The lowest BCUT2D eigenvalue weighted by atomic mass is 9.84. The zero-order valence-corrected chi connectivity index (χ0v) is 26.9. The average molecular weight is 638 g/mol. The van der Waals surface area contributed by atoms with E-state index in [9.17, 15) is 15.8 Å². The largest absolute Gasteiger partial charge is 0.309 e. The van der Waals surface area contributed by atoms with Crippen molar-refractivity contribution in [3.63, 3.8) is 0 Å². The van der Waals surface area contributed by atoms with Crippen LogP contribution < -0.4 is 0 Å². The number of nitrogens with zero attached hydrogens (tertiary/aromatic N) is 5. The van der Waals surface area contributed by atoms with E-state index in [-0.39, 0.29) is 5.92 Å². The predicted octanol–water partition coefficient (Wildman–Crippen LogP) is 10.6. The lowest BCUT2D eigenvalue weighted by molar-refractivity contribution is 0.842. The van der Waals surface area contributed by atoms with Crippen LogP contribution in [0.4, 0.5) is 0 Å². The number of hydrogen-bond donors (Lipinski definition) is 0. The Morgan fingerprint density at radius 1 is 0.540 bits per heavy atom. The van der Waals surface area contributed by atoms with Gasteiger partial charge >= 0.3 is 0 Å². The second-order valence-electron chi connectivity index (χ2n) is 12.7. The third-order valence-corrected chi connectivity index (χ3v) is 9.94. The number of para-hydroxylation sites is 3. The summed E-state index contributed by atoms with van der Waals surface area (Å²) in [6, 6.07) is 50.0. The average Bonchev–Trinajstić information content (AvgIpc) is 3.70. The first-order chi connectivity index (χ1) is 24.7. The van der Waals surface area contributed by atoms with Crippen molar-refractivity contribution in [1.82, 2.24) is 9.13 Å². The van der Waals surface area contributed by atoms with Gasteiger partial charge < -0.3 is 9.13 Å². The minimum Gasteiger partial charge on any atom is -0.309 e. The molecule has 0 amide bonds. The van der Waals surface area contributed by atoms with Crippen molar-refractivity contribution < 1.29 is 0 Å². The Kier molecular flexibility index (Phi) is 6.70. The first kappa shape index (κ1) is 29.0. The standard InChI is InChI=1S/C45H27N5/c46-26-29-16-21-43-39(23-29)38-12-3-4-13-40(38)49(43)35-9-7-8-33(25-35)31-17-19-32(20-18-31)45-34(28-48)22-30(27-47)24-44(45)50-41-14-5-1-10-36(41)37-11-2-6-15-42(37)50/h1-19,21-25,32H,20H2. The molecule has 1 aliphatic rings. The van der Waals surface area contributed by atoms with E-state index in [0.717, 1.165) is 71.7 Å². The van der Waals surface area contributed by atoms with Crippen molar-refractivity contribution >= 4 is 49.2 Å². The minimum atomic E-state index is -0.0640. The molecule has 9 rings (SSSR count). The molecule has 5 nitrogen and oxygen atoms in total. The highest BCUT2D eigenvalue weighted by atomic mass is 15.0. The monoisotopic (exact) mass is 637 g/mol. The van der Waals surface area contributed by atoms with Gasteiger partial charge in [0.25, 0.3) is 0 Å². The maximum absolute atomic E-state index is 10.4. The molecule has 6 aromatic carbocycles. The summed E-state index contributed by atoms with van der Waals surface area (Å²) in [5, 5.41) is 34.4. The first-order valence-electron chi connectivity index (χ1n) is 16.6. The summed E-state index contributed by atoms with van der Waals surface area (Å²) in [6.45, 7) is 0. The third-order valence-electron chi connectivity index (χ3n) is 9.94. The van der Waals surface area contributed by atoms with Crippen LogP contribution in [0.3, 0.4) is 0 Å². The van der Waals surface area contributed by atoms with Crippen LogP contribution in [0.15, 0.2) is 146 Å². The maximum atomic E-state index is 10.4. The van der Waals surface area contributed by atoms with E-state index in [1.165, 1.54) is 0 Å². The van der Waals surface area contributed by atoms with E-state index in [1.54, 1.807) is 6.07 Å². The fourth-order valence-corrected chi connectivity index (χ4v) is 7.75. The number of nitriles is 3. The van der Waals surface area contributed by atoms with Crippen LogP contribution in [-0.4, -0.2) is 9.13 Å². The summed E-state index contributed by atoms with van der Waals surface area (Å²) < 4.78 is 4.47. The Morgan fingerprint density at radius 3 is 1.82 bits per heavy atom. The molecule has 8 aromatic rings. The molecule has 1 atom stereocenters. The summed E-state index contributed by atoms with van der Waals surface area (Å²) in [7, 11) is 0. The Morgan fingerprint density at radius 2 is 1.18 bits per heavy atom. The molecule has 2 aromatic heterocycles. The molecule has 5 heteroatoms. The molecule has 0 spiro atoms. The van der Waals surface area contributed by atoms with Gasteiger partial charge in [0, 0.05) is 38.7 Å². The smallest absolute Gasteiger partial charge is 0.0996 e. The van der Waals surface area contributed by atoms with Gasteiger partial charge in [0.2, 0.25) is 0 Å². The van der Waals surface area contributed by atoms with E-state index in [2.05, 4.69) is 106 Å². The van der Waals surface area contributed by atoms with Crippen molar-refractivity contribution in [2.45, 2.75) is 12.3 Å². The van der Waals surface area contributed by atoms with E-state index >= 15 is 0 Å². The molecule has 0 aliphatic heterocycles. The van der Waals surface area contributed by atoms with Gasteiger partial charge in [0.05, 0.1) is 62.7 Å². The second-order valence-corrected chi connectivity index (χ2v) is 12.7. The van der Waals surface area contributed by atoms with Crippen LogP contribution in [0.25, 0.3) is 60.6 Å². The van der Waals surface area contributed by atoms with E-state index < -0.39 is 0 Å². The highest BCUT2D eigenvalue weighted by molar-refractivity contribution is 6.10. The van der Waals surface area contributed by atoms with Crippen LogP contribution >= 0.6 is 0 Å². The fraction of sp³-hybridized carbons (Fsp3) is 0.0444. The minimum absolute atomic E-state index is 0.0640. The summed E-state index contributed by atoms with van der Waals surface area (Å²) in [4.78, 5) is 0. The SMILES string of the molecule is N#Cc1cc(C#N)c(C2C=CC(c3cccc(-n4c5ccccc5c5cc(C#N)ccc54)c3)=CC2)c(-n2c3ccccc3c3ccccc32)c1. The van der Waals surface area contributed by atoms with Crippen LogP contribution in [0, 0.1) is 34.0 Å². The number of hydrogen-bond acceptors (Lipinski definition) is 3. The lowest BCUT2D eigenvalue weighted by Gasteiger charge is -2.23. The van der Waals surface area contributed by atoms with Crippen molar-refractivity contribution in [3.05, 3.63) is 173 Å². The van der Waals surface area contributed by atoms with Gasteiger partial charge in [-0.2, -0.15) is 15.8 Å². The molecule has 0 N–H and O–H groups in total. The molecule has 232 valence electrons. The zero-order chi connectivity index (χ0) is 33.8. The van der Waals surface area contributed by atoms with Crippen LogP contribution in [0.1, 0.15) is 40.2 Å². The summed E-state index contributed by atoms with van der Waals surface area (Å²) in [5.41, 5.74) is 10.9. The highest BCUT2D eigenvalue weighted by Crippen LogP contribution is 2.41. The van der Waals surface area contributed by atoms with Crippen molar-refractivity contribution in [2.24, 2.45) is 0 Å². The number of allylic oxidation sites excluding steroid dienone is 4. The number of aromatic nitrogens is 2. The molecule has 0 fully saturated rings. The van der Waals surface area contributed by atoms with Gasteiger partial charge in [-0.1, -0.05) is 85.0 Å². The van der Waals surface area contributed by atoms with Gasteiger partial charge in [-0.3, -0.25) is 0 Å².